The Morgan fingerprint density at radius 1 is 1.00 bits per heavy atom. The van der Waals surface area contributed by atoms with Gasteiger partial charge in [0.1, 0.15) is 0 Å². The minimum Gasteiger partial charge on any atom is -0.282 e. The topological polar surface area (TPSA) is 29.4 Å². The van der Waals surface area contributed by atoms with Crippen molar-refractivity contribution in [2.24, 2.45) is 4.99 Å². The average molecular weight is 288 g/mol. The van der Waals surface area contributed by atoms with Crippen molar-refractivity contribution in [3.63, 3.8) is 0 Å². The van der Waals surface area contributed by atoms with Crippen molar-refractivity contribution >= 4 is 34.2 Å². The second kappa shape index (κ2) is 4.83. The molecule has 2 aromatic carbocycles. The van der Waals surface area contributed by atoms with Crippen molar-refractivity contribution in [3.05, 3.63) is 66.2 Å². The molecule has 0 aliphatic carbocycles. The highest BCUT2D eigenvalue weighted by Gasteiger charge is 2.53. The fourth-order valence-corrected chi connectivity index (χ4v) is 2.88. The lowest BCUT2D eigenvalue weighted by Crippen LogP contribution is -2.21. The van der Waals surface area contributed by atoms with E-state index in [0.717, 1.165) is 22.2 Å². The monoisotopic (exact) mass is 287 g/mol. The Kier molecular flexibility index (Phi) is 3.17. The molecule has 0 aromatic heterocycles. The molecule has 0 fully saturated rings. The van der Waals surface area contributed by atoms with Gasteiger partial charge in [0.25, 0.3) is 0 Å². The third-order valence-electron chi connectivity index (χ3n) is 2.80. The van der Waals surface area contributed by atoms with Gasteiger partial charge in [-0.25, -0.2) is 4.99 Å². The van der Waals surface area contributed by atoms with Crippen molar-refractivity contribution in [1.82, 2.24) is 0 Å². The van der Waals surface area contributed by atoms with E-state index in [0.29, 0.717) is 5.71 Å². The van der Waals surface area contributed by atoms with Crippen LogP contribution in [0.4, 0.5) is 0 Å². The van der Waals surface area contributed by atoms with Crippen LogP contribution in [0, 0.1) is 0 Å². The predicted molar refractivity (Wildman–Crippen MR) is 78.9 cm³/mol. The average Bonchev–Trinajstić information content (AvgIpc) is 3.15. The van der Waals surface area contributed by atoms with Gasteiger partial charge in [-0.05, 0) is 29.5 Å². The van der Waals surface area contributed by atoms with Crippen LogP contribution in [-0.4, -0.2) is 15.8 Å². The van der Waals surface area contributed by atoms with E-state index in [-0.39, 0.29) is 5.12 Å². The van der Waals surface area contributed by atoms with Crippen molar-refractivity contribution < 1.29 is 4.79 Å². The van der Waals surface area contributed by atoms with Crippen LogP contribution in [0.25, 0.3) is 0 Å². The molecule has 2 nitrogen and oxygen atoms in total. The van der Waals surface area contributed by atoms with Crippen molar-refractivity contribution in [2.45, 2.75) is 9.89 Å². The van der Waals surface area contributed by atoms with E-state index < -0.39 is 5.00 Å². The van der Waals surface area contributed by atoms with Crippen LogP contribution in [0.2, 0.25) is 0 Å². The summed E-state index contributed by atoms with van der Waals surface area (Å²) in [7, 11) is 0. The number of hydrogen-bond acceptors (Lipinski definition) is 3. The largest absolute Gasteiger partial charge is 0.282 e. The molecular formula is C15H10ClNOS. The summed E-state index contributed by atoms with van der Waals surface area (Å²) in [5.74, 6) is 0. The number of benzene rings is 2. The fourth-order valence-electron chi connectivity index (χ4n) is 1.78. The maximum Gasteiger partial charge on any atom is 0.244 e. The predicted octanol–water partition coefficient (Wildman–Crippen LogP) is 3.74. The first-order valence-electron chi connectivity index (χ1n) is 5.82. The lowest BCUT2D eigenvalue weighted by atomic mass is 10.1. The Hall–Kier alpha value is -1.58. The number of alkyl halides is 1. The van der Waals surface area contributed by atoms with Gasteiger partial charge in [0.2, 0.25) is 10.1 Å². The zero-order chi connectivity index (χ0) is 13.3. The molecule has 1 atom stereocenters. The highest BCUT2D eigenvalue weighted by atomic mass is 35.5. The summed E-state index contributed by atoms with van der Waals surface area (Å²) in [6.07, 6.45) is 0. The Labute approximate surface area is 120 Å². The highest BCUT2D eigenvalue weighted by Crippen LogP contribution is 2.42. The molecule has 0 amide bonds. The molecular weight excluding hydrogens is 278 g/mol. The van der Waals surface area contributed by atoms with Crippen LogP contribution in [0.15, 0.2) is 70.6 Å². The number of carbonyl (C=O) groups is 1. The first kappa shape index (κ1) is 12.5. The van der Waals surface area contributed by atoms with Crippen molar-refractivity contribution in [3.8, 4) is 0 Å². The van der Waals surface area contributed by atoms with E-state index >= 15 is 0 Å². The SMILES string of the molecule is O=C(Sc1ccccc1)C1(Cl)N=C1c1ccccc1. The summed E-state index contributed by atoms with van der Waals surface area (Å²) < 4.78 is 0. The van der Waals surface area contributed by atoms with Crippen molar-refractivity contribution in [2.75, 3.05) is 0 Å². The van der Waals surface area contributed by atoms with E-state index in [1.807, 2.05) is 60.7 Å². The number of nitrogens with zero attached hydrogens (tertiary/aromatic N) is 1. The number of hydrogen-bond donors (Lipinski definition) is 0. The molecule has 1 aliphatic heterocycles. The molecule has 0 spiro atoms. The van der Waals surface area contributed by atoms with E-state index in [4.69, 9.17) is 11.6 Å². The Morgan fingerprint density at radius 3 is 2.21 bits per heavy atom. The molecule has 0 saturated carbocycles. The Balaban J connectivity index is 1.73. The molecule has 1 aliphatic rings. The molecule has 0 N–H and O–H groups in total. The zero-order valence-corrected chi connectivity index (χ0v) is 11.5. The lowest BCUT2D eigenvalue weighted by Gasteiger charge is -2.05. The van der Waals surface area contributed by atoms with E-state index in [1.165, 1.54) is 0 Å². The van der Waals surface area contributed by atoms with E-state index in [1.54, 1.807) is 0 Å². The molecule has 1 heterocycles. The summed E-state index contributed by atoms with van der Waals surface area (Å²) in [6.45, 7) is 0. The zero-order valence-electron chi connectivity index (χ0n) is 9.92. The number of thioether (sulfide) groups is 1. The summed E-state index contributed by atoms with van der Waals surface area (Å²) in [5, 5.41) is -0.154. The molecule has 3 rings (SSSR count). The minimum absolute atomic E-state index is 0.154. The highest BCUT2D eigenvalue weighted by molar-refractivity contribution is 8.14. The van der Waals surface area contributed by atoms with Gasteiger partial charge in [-0.3, -0.25) is 4.79 Å². The van der Waals surface area contributed by atoms with Crippen LogP contribution in [0.3, 0.4) is 0 Å². The van der Waals surface area contributed by atoms with Gasteiger partial charge in [-0.15, -0.1) is 0 Å². The van der Waals surface area contributed by atoms with Crippen LogP contribution >= 0.6 is 23.4 Å². The Bertz CT molecular complexity index is 642. The minimum atomic E-state index is -1.18. The standard InChI is InChI=1S/C15H10ClNOS/c16-15(13(17-15)11-7-3-1-4-8-11)14(18)19-12-9-5-2-6-10-12/h1-10H. The maximum atomic E-state index is 12.2. The van der Waals surface area contributed by atoms with Crippen LogP contribution in [0.1, 0.15) is 5.56 Å². The quantitative estimate of drug-likeness (QED) is 0.489. The molecule has 94 valence electrons. The van der Waals surface area contributed by atoms with Gasteiger partial charge in [0.05, 0.1) is 5.71 Å². The van der Waals surface area contributed by atoms with Gasteiger partial charge >= 0.3 is 0 Å². The molecule has 19 heavy (non-hydrogen) atoms. The molecule has 2 aromatic rings. The number of carbonyl (C=O) groups excluding carboxylic acids is 1. The number of rotatable bonds is 3. The first-order chi connectivity index (χ1) is 9.20. The molecule has 0 radical (unpaired) electrons. The van der Waals surface area contributed by atoms with E-state index in [2.05, 4.69) is 4.99 Å². The summed E-state index contributed by atoms with van der Waals surface area (Å²) in [5.41, 5.74) is 1.56. The number of halogens is 1. The smallest absolute Gasteiger partial charge is 0.244 e. The maximum absolute atomic E-state index is 12.2. The third kappa shape index (κ3) is 2.44. The summed E-state index contributed by atoms with van der Waals surface area (Å²) in [4.78, 5) is 16.1. The molecule has 0 bridgehead atoms. The summed E-state index contributed by atoms with van der Waals surface area (Å²) >= 11 is 7.40. The van der Waals surface area contributed by atoms with Crippen molar-refractivity contribution in [1.29, 1.82) is 0 Å². The molecule has 0 saturated heterocycles. The van der Waals surface area contributed by atoms with Gasteiger partial charge in [-0.2, -0.15) is 0 Å². The van der Waals surface area contributed by atoms with Gasteiger partial charge in [0.15, 0.2) is 0 Å². The second-order valence-corrected chi connectivity index (χ2v) is 5.74. The number of aliphatic imine (C=N–C) groups is 1. The second-order valence-electron chi connectivity index (χ2n) is 4.15. The van der Waals surface area contributed by atoms with Gasteiger partial charge in [-0.1, -0.05) is 60.1 Å². The third-order valence-corrected chi connectivity index (χ3v) is 4.34. The van der Waals surface area contributed by atoms with E-state index in [9.17, 15) is 4.79 Å². The lowest BCUT2D eigenvalue weighted by molar-refractivity contribution is -0.111. The Morgan fingerprint density at radius 2 is 1.58 bits per heavy atom. The van der Waals surface area contributed by atoms with Crippen LogP contribution < -0.4 is 0 Å². The summed E-state index contributed by atoms with van der Waals surface area (Å²) in [6, 6.07) is 19.0. The van der Waals surface area contributed by atoms with Gasteiger partial charge in [0, 0.05) is 4.90 Å². The first-order valence-corrected chi connectivity index (χ1v) is 7.01. The molecule has 4 heteroatoms. The van der Waals surface area contributed by atoms with Crippen LogP contribution in [0.5, 0.6) is 0 Å². The fraction of sp³-hybridized carbons (Fsp3) is 0.0667. The normalized spacial score (nSPS) is 20.8. The molecule has 1 unspecified atom stereocenters. The van der Waals surface area contributed by atoms with Gasteiger partial charge < -0.3 is 0 Å². The van der Waals surface area contributed by atoms with Crippen LogP contribution in [-0.2, 0) is 4.79 Å².